The summed E-state index contributed by atoms with van der Waals surface area (Å²) in [5, 5.41) is 2.77. The average molecular weight is 500 g/mol. The van der Waals surface area contributed by atoms with Gasteiger partial charge in [-0.05, 0) is 37.3 Å². The number of likely N-dealkylation sites (tertiary alicyclic amines) is 1. The maximum absolute atomic E-state index is 13.0. The first-order valence-electron chi connectivity index (χ1n) is 8.95. The quantitative estimate of drug-likeness (QED) is 0.510. The molecule has 0 unspecified atom stereocenters. The van der Waals surface area contributed by atoms with Gasteiger partial charge in [0, 0.05) is 9.65 Å². The summed E-state index contributed by atoms with van der Waals surface area (Å²) in [4.78, 5) is 40.3. The number of carbonyl (C=O) groups is 3. The molecule has 144 valence electrons. The van der Waals surface area contributed by atoms with Crippen LogP contribution in [0.4, 0.5) is 5.69 Å². The smallest absolute Gasteiger partial charge is 0.247 e. The number of anilines is 1. The molecule has 1 aliphatic heterocycles. The summed E-state index contributed by atoms with van der Waals surface area (Å²) in [6.45, 7) is 1.60. The van der Waals surface area contributed by atoms with Crippen LogP contribution in [-0.2, 0) is 14.4 Å². The number of para-hydroxylation sites is 2. The summed E-state index contributed by atoms with van der Waals surface area (Å²) in [6, 6.07) is 6.17. The van der Waals surface area contributed by atoms with E-state index in [1.54, 1.807) is 31.2 Å². The second kappa shape index (κ2) is 6.88. The molecule has 7 atom stereocenters. The number of alkyl halides is 2. The molecule has 2 aliphatic carbocycles. The first-order valence-corrected chi connectivity index (χ1v) is 10.8. The average Bonchev–Trinajstić information content (AvgIpc) is 3.26. The Labute approximate surface area is 174 Å². The zero-order chi connectivity index (χ0) is 19.5. The number of imide groups is 1. The van der Waals surface area contributed by atoms with Crippen LogP contribution in [0.5, 0.6) is 5.75 Å². The fourth-order valence-electron chi connectivity index (χ4n) is 4.86. The molecule has 3 fully saturated rings. The van der Waals surface area contributed by atoms with Gasteiger partial charge in [0.2, 0.25) is 17.7 Å². The number of benzene rings is 1. The molecular weight excluding hydrogens is 480 g/mol. The van der Waals surface area contributed by atoms with Crippen molar-refractivity contribution in [2.45, 2.75) is 29.0 Å². The Morgan fingerprint density at radius 2 is 1.70 bits per heavy atom. The van der Waals surface area contributed by atoms with Crippen LogP contribution in [0, 0.1) is 23.7 Å². The Morgan fingerprint density at radius 1 is 1.15 bits per heavy atom. The number of nitrogens with zero attached hydrogens (tertiary/aromatic N) is 1. The molecule has 1 heterocycles. The van der Waals surface area contributed by atoms with Crippen molar-refractivity contribution in [3.05, 3.63) is 24.3 Å². The van der Waals surface area contributed by atoms with Crippen molar-refractivity contribution in [3.63, 3.8) is 0 Å². The first-order chi connectivity index (χ1) is 12.9. The van der Waals surface area contributed by atoms with Crippen LogP contribution in [-0.4, -0.2) is 45.4 Å². The van der Waals surface area contributed by atoms with Crippen molar-refractivity contribution in [1.82, 2.24) is 4.90 Å². The molecule has 1 aromatic rings. The number of halogens is 2. The molecule has 3 aliphatic rings. The molecule has 1 N–H and O–H groups in total. The zero-order valence-corrected chi connectivity index (χ0v) is 18.1. The maximum atomic E-state index is 13.0. The van der Waals surface area contributed by atoms with Gasteiger partial charge in [0.25, 0.3) is 0 Å². The van der Waals surface area contributed by atoms with E-state index in [0.29, 0.717) is 11.4 Å². The summed E-state index contributed by atoms with van der Waals surface area (Å²) in [5.74, 6) is -0.682. The third-order valence-electron chi connectivity index (χ3n) is 6.15. The molecule has 8 heteroatoms. The van der Waals surface area contributed by atoms with E-state index in [0.717, 1.165) is 6.42 Å². The van der Waals surface area contributed by atoms with Crippen LogP contribution in [0.15, 0.2) is 24.3 Å². The minimum Gasteiger partial charge on any atom is -0.495 e. The predicted molar refractivity (Wildman–Crippen MR) is 107 cm³/mol. The predicted octanol–water partition coefficient (Wildman–Crippen LogP) is 2.80. The largest absolute Gasteiger partial charge is 0.495 e. The van der Waals surface area contributed by atoms with Crippen LogP contribution in [0.25, 0.3) is 0 Å². The molecule has 0 radical (unpaired) electrons. The summed E-state index contributed by atoms with van der Waals surface area (Å²) < 4.78 is 5.24. The molecule has 1 aromatic carbocycles. The highest BCUT2D eigenvalue weighted by Gasteiger charge is 2.67. The second-order valence-corrected chi connectivity index (χ2v) is 9.53. The summed E-state index contributed by atoms with van der Waals surface area (Å²) in [7, 11) is 1.52. The normalized spacial score (nSPS) is 35.3. The number of rotatable bonds is 4. The van der Waals surface area contributed by atoms with Crippen molar-refractivity contribution < 1.29 is 19.1 Å². The monoisotopic (exact) mass is 498 g/mol. The van der Waals surface area contributed by atoms with Gasteiger partial charge in [-0.25, -0.2) is 0 Å². The number of methoxy groups -OCH3 is 1. The van der Waals surface area contributed by atoms with E-state index < -0.39 is 11.9 Å². The van der Waals surface area contributed by atoms with Gasteiger partial charge in [-0.3, -0.25) is 19.3 Å². The van der Waals surface area contributed by atoms with Crippen LogP contribution in [0.1, 0.15) is 13.3 Å². The number of fused-ring (bicyclic) bond motifs is 5. The lowest BCUT2D eigenvalue weighted by molar-refractivity contribution is -0.146. The van der Waals surface area contributed by atoms with Crippen LogP contribution in [0.2, 0.25) is 0 Å². The van der Waals surface area contributed by atoms with Crippen LogP contribution >= 0.6 is 31.9 Å². The molecule has 0 aromatic heterocycles. The third kappa shape index (κ3) is 2.75. The third-order valence-corrected chi connectivity index (χ3v) is 9.36. The molecular formula is C19H20Br2N2O4. The summed E-state index contributed by atoms with van der Waals surface area (Å²) >= 11 is 7.34. The van der Waals surface area contributed by atoms with Crippen LogP contribution in [0.3, 0.4) is 0 Å². The fourth-order valence-corrected chi connectivity index (χ4v) is 6.73. The van der Waals surface area contributed by atoms with Crippen molar-refractivity contribution in [1.29, 1.82) is 0 Å². The van der Waals surface area contributed by atoms with E-state index in [-0.39, 0.29) is 45.1 Å². The van der Waals surface area contributed by atoms with Gasteiger partial charge in [0.1, 0.15) is 11.8 Å². The van der Waals surface area contributed by atoms with Gasteiger partial charge in [-0.15, -0.1) is 0 Å². The van der Waals surface area contributed by atoms with E-state index in [2.05, 4.69) is 37.2 Å². The standard InChI is InChI=1S/C19H20Br2N2O4/c1-8(17(24)22-11-5-3-4-6-12(11)27-2)23-18(25)13-9-7-10(14(13)19(23)26)16(21)15(9)20/h3-6,8-10,13-16H,7H2,1-2H3,(H,22,24)/t8-,9+,10+,13-,14+,15+,16-/m1/s1. The Bertz CT molecular complexity index is 785. The van der Waals surface area contributed by atoms with Crippen molar-refractivity contribution in [2.24, 2.45) is 23.7 Å². The van der Waals surface area contributed by atoms with Crippen LogP contribution < -0.4 is 10.1 Å². The molecule has 6 nitrogen and oxygen atoms in total. The molecule has 2 bridgehead atoms. The van der Waals surface area contributed by atoms with Gasteiger partial charge in [0.05, 0.1) is 24.6 Å². The van der Waals surface area contributed by atoms with E-state index in [1.807, 2.05) is 0 Å². The van der Waals surface area contributed by atoms with Gasteiger partial charge in [0.15, 0.2) is 0 Å². The Morgan fingerprint density at radius 3 is 2.26 bits per heavy atom. The lowest BCUT2D eigenvalue weighted by Gasteiger charge is -2.28. The number of hydrogen-bond acceptors (Lipinski definition) is 4. The lowest BCUT2D eigenvalue weighted by Crippen LogP contribution is -2.46. The van der Waals surface area contributed by atoms with Crippen molar-refractivity contribution >= 4 is 55.3 Å². The van der Waals surface area contributed by atoms with Gasteiger partial charge < -0.3 is 10.1 Å². The Kier molecular flexibility index (Phi) is 4.83. The number of carbonyl (C=O) groups excluding carboxylic acids is 3. The van der Waals surface area contributed by atoms with Gasteiger partial charge in [-0.2, -0.15) is 0 Å². The van der Waals surface area contributed by atoms with Crippen molar-refractivity contribution in [2.75, 3.05) is 12.4 Å². The number of hydrogen-bond donors (Lipinski definition) is 1. The number of ether oxygens (including phenoxy) is 1. The molecule has 27 heavy (non-hydrogen) atoms. The minimum atomic E-state index is -0.873. The Balaban J connectivity index is 1.54. The summed E-state index contributed by atoms with van der Waals surface area (Å²) in [5.41, 5.74) is 0.511. The van der Waals surface area contributed by atoms with E-state index in [9.17, 15) is 14.4 Å². The molecule has 2 saturated carbocycles. The van der Waals surface area contributed by atoms with Gasteiger partial charge >= 0.3 is 0 Å². The van der Waals surface area contributed by atoms with Crippen molar-refractivity contribution in [3.8, 4) is 5.75 Å². The number of nitrogens with one attached hydrogen (secondary N) is 1. The van der Waals surface area contributed by atoms with E-state index in [4.69, 9.17) is 4.74 Å². The molecule has 1 saturated heterocycles. The molecule has 4 rings (SSSR count). The van der Waals surface area contributed by atoms with Gasteiger partial charge in [-0.1, -0.05) is 44.0 Å². The summed E-state index contributed by atoms with van der Waals surface area (Å²) in [6.07, 6.45) is 0.869. The molecule has 0 spiro atoms. The van der Waals surface area contributed by atoms with E-state index >= 15 is 0 Å². The SMILES string of the molecule is COc1ccccc1NC(=O)[C@@H](C)N1C(=O)[C@@H]2[C@@H]3C[C@H]([C@@H](Br)[C@H]3Br)[C@@H]2C1=O. The zero-order valence-electron chi connectivity index (χ0n) is 14.9. The topological polar surface area (TPSA) is 75.7 Å². The highest BCUT2D eigenvalue weighted by atomic mass is 79.9. The van der Waals surface area contributed by atoms with E-state index in [1.165, 1.54) is 12.0 Å². The second-order valence-electron chi connectivity index (χ2n) is 7.42. The highest BCUT2D eigenvalue weighted by Crippen LogP contribution is 2.60. The highest BCUT2D eigenvalue weighted by molar-refractivity contribution is 9.12. The fraction of sp³-hybridized carbons (Fsp3) is 0.526. The Hall–Kier alpha value is -1.41. The maximum Gasteiger partial charge on any atom is 0.247 e. The molecule has 3 amide bonds. The number of amides is 3. The minimum absolute atomic E-state index is 0.135. The lowest BCUT2D eigenvalue weighted by atomic mass is 9.81. The first kappa shape index (κ1) is 18.9.